The number of benzene rings is 1. The topological polar surface area (TPSA) is 68.5 Å². The van der Waals surface area contributed by atoms with Crippen LogP contribution in [0.1, 0.15) is 0 Å². The number of anilines is 1. The van der Waals surface area contributed by atoms with Crippen LogP contribution in [0.3, 0.4) is 0 Å². The summed E-state index contributed by atoms with van der Waals surface area (Å²) in [4.78, 5) is 11.9. The van der Waals surface area contributed by atoms with Gasteiger partial charge in [0.25, 0.3) is 5.91 Å². The predicted octanol–water partition coefficient (Wildman–Crippen LogP) is 3.05. The Kier molecular flexibility index (Phi) is 4.13. The molecular formula is C14H10Cl2N4O2. The molecule has 2 heterocycles. The number of hydrogen-bond acceptors (Lipinski definition) is 4. The summed E-state index contributed by atoms with van der Waals surface area (Å²) in [5, 5.41) is 11.3. The number of nitrogens with one attached hydrogen (secondary N) is 1. The standard InChI is InChI=1S/C14H10Cl2N4O2/c15-9-5-10(16)7-11(6-9)17-13(21)8-22-14-19-18-12-3-1-2-4-20(12)14/h1-7H,8H2,(H,17,21). The second kappa shape index (κ2) is 6.21. The molecule has 8 heteroatoms. The van der Waals surface area contributed by atoms with Crippen molar-refractivity contribution in [2.24, 2.45) is 0 Å². The van der Waals surface area contributed by atoms with Gasteiger partial charge >= 0.3 is 6.01 Å². The zero-order chi connectivity index (χ0) is 15.5. The maximum absolute atomic E-state index is 11.9. The number of aromatic nitrogens is 3. The van der Waals surface area contributed by atoms with E-state index in [0.717, 1.165) is 0 Å². The molecule has 112 valence electrons. The Hall–Kier alpha value is -2.31. The lowest BCUT2D eigenvalue weighted by Gasteiger charge is -2.07. The van der Waals surface area contributed by atoms with E-state index in [1.165, 1.54) is 0 Å². The summed E-state index contributed by atoms with van der Waals surface area (Å²) in [6.45, 7) is -0.209. The molecule has 0 aliphatic carbocycles. The molecule has 2 aromatic heterocycles. The number of carbonyl (C=O) groups is 1. The molecule has 22 heavy (non-hydrogen) atoms. The van der Waals surface area contributed by atoms with Gasteiger partial charge in [0.2, 0.25) is 0 Å². The summed E-state index contributed by atoms with van der Waals surface area (Å²) in [7, 11) is 0. The van der Waals surface area contributed by atoms with Crippen LogP contribution in [0.2, 0.25) is 10.0 Å². The Morgan fingerprint density at radius 2 is 1.95 bits per heavy atom. The van der Waals surface area contributed by atoms with Gasteiger partial charge in [-0.05, 0) is 30.3 Å². The smallest absolute Gasteiger partial charge is 0.322 e. The van der Waals surface area contributed by atoms with E-state index in [1.807, 2.05) is 12.1 Å². The van der Waals surface area contributed by atoms with Crippen LogP contribution in [0.4, 0.5) is 5.69 Å². The van der Waals surface area contributed by atoms with Crippen molar-refractivity contribution >= 4 is 40.4 Å². The van der Waals surface area contributed by atoms with E-state index in [2.05, 4.69) is 15.5 Å². The number of halogens is 2. The van der Waals surface area contributed by atoms with Crippen LogP contribution in [-0.2, 0) is 4.79 Å². The van der Waals surface area contributed by atoms with E-state index in [-0.39, 0.29) is 18.5 Å². The number of amides is 1. The van der Waals surface area contributed by atoms with Crippen molar-refractivity contribution in [3.05, 3.63) is 52.6 Å². The van der Waals surface area contributed by atoms with Crippen LogP contribution < -0.4 is 10.1 Å². The van der Waals surface area contributed by atoms with Crippen LogP contribution in [0, 0.1) is 0 Å². The maximum atomic E-state index is 11.9. The maximum Gasteiger partial charge on any atom is 0.322 e. The highest BCUT2D eigenvalue weighted by Gasteiger charge is 2.09. The molecule has 0 bridgehead atoms. The minimum absolute atomic E-state index is 0.209. The fourth-order valence-electron chi connectivity index (χ4n) is 1.87. The van der Waals surface area contributed by atoms with Crippen molar-refractivity contribution < 1.29 is 9.53 Å². The average Bonchev–Trinajstić information content (AvgIpc) is 2.87. The van der Waals surface area contributed by atoms with E-state index >= 15 is 0 Å². The van der Waals surface area contributed by atoms with E-state index < -0.39 is 0 Å². The molecule has 1 aromatic carbocycles. The Bertz CT molecular complexity index is 814. The SMILES string of the molecule is O=C(COc1nnc2ccccn12)Nc1cc(Cl)cc(Cl)c1. The first-order valence-corrected chi connectivity index (χ1v) is 7.06. The lowest BCUT2D eigenvalue weighted by atomic mass is 10.3. The van der Waals surface area contributed by atoms with Gasteiger partial charge in [-0.1, -0.05) is 34.4 Å². The van der Waals surface area contributed by atoms with Gasteiger partial charge in [0.05, 0.1) is 0 Å². The molecule has 0 spiro atoms. The third kappa shape index (κ3) is 3.29. The molecule has 0 aliphatic rings. The number of rotatable bonds is 4. The number of carbonyl (C=O) groups excluding carboxylic acids is 1. The fourth-order valence-corrected chi connectivity index (χ4v) is 2.40. The van der Waals surface area contributed by atoms with Crippen LogP contribution in [0.25, 0.3) is 5.65 Å². The van der Waals surface area contributed by atoms with Gasteiger partial charge in [-0.3, -0.25) is 9.20 Å². The summed E-state index contributed by atoms with van der Waals surface area (Å²) >= 11 is 11.7. The Labute approximate surface area is 135 Å². The third-order valence-electron chi connectivity index (χ3n) is 2.76. The molecule has 0 aliphatic heterocycles. The number of pyridine rings is 1. The van der Waals surface area contributed by atoms with Crippen LogP contribution >= 0.6 is 23.2 Å². The zero-order valence-electron chi connectivity index (χ0n) is 11.2. The summed E-state index contributed by atoms with van der Waals surface area (Å²) in [5.41, 5.74) is 1.14. The number of hydrogen-bond donors (Lipinski definition) is 1. The molecule has 6 nitrogen and oxygen atoms in total. The fraction of sp³-hybridized carbons (Fsp3) is 0.0714. The normalized spacial score (nSPS) is 10.6. The van der Waals surface area contributed by atoms with Crippen molar-refractivity contribution in [1.82, 2.24) is 14.6 Å². The third-order valence-corrected chi connectivity index (χ3v) is 3.20. The first kappa shape index (κ1) is 14.6. The second-order valence-electron chi connectivity index (χ2n) is 4.41. The van der Waals surface area contributed by atoms with E-state index in [4.69, 9.17) is 27.9 Å². The highest BCUT2D eigenvalue weighted by Crippen LogP contribution is 2.22. The summed E-state index contributed by atoms with van der Waals surface area (Å²) in [5.74, 6) is -0.356. The molecule has 3 rings (SSSR count). The number of nitrogens with zero attached hydrogens (tertiary/aromatic N) is 3. The van der Waals surface area contributed by atoms with Gasteiger partial charge < -0.3 is 10.1 Å². The molecule has 0 fully saturated rings. The van der Waals surface area contributed by atoms with E-state index in [1.54, 1.807) is 34.9 Å². The first-order valence-electron chi connectivity index (χ1n) is 6.30. The highest BCUT2D eigenvalue weighted by molar-refractivity contribution is 6.35. The van der Waals surface area contributed by atoms with Crippen molar-refractivity contribution in [2.75, 3.05) is 11.9 Å². The van der Waals surface area contributed by atoms with Gasteiger partial charge in [-0.2, -0.15) is 0 Å². The molecule has 1 N–H and O–H groups in total. The van der Waals surface area contributed by atoms with Crippen LogP contribution in [0.5, 0.6) is 6.01 Å². The molecule has 0 saturated carbocycles. The minimum Gasteiger partial charge on any atom is -0.453 e. The molecule has 0 saturated heterocycles. The molecular weight excluding hydrogens is 327 g/mol. The second-order valence-corrected chi connectivity index (χ2v) is 5.28. The van der Waals surface area contributed by atoms with E-state index in [9.17, 15) is 4.79 Å². The Balaban J connectivity index is 1.65. The van der Waals surface area contributed by atoms with Crippen LogP contribution in [0.15, 0.2) is 42.6 Å². The van der Waals surface area contributed by atoms with Gasteiger partial charge in [0.1, 0.15) is 0 Å². The highest BCUT2D eigenvalue weighted by atomic mass is 35.5. The quantitative estimate of drug-likeness (QED) is 0.794. The lowest BCUT2D eigenvalue weighted by molar-refractivity contribution is -0.118. The minimum atomic E-state index is -0.356. The monoisotopic (exact) mass is 336 g/mol. The molecule has 0 unspecified atom stereocenters. The van der Waals surface area contributed by atoms with Gasteiger partial charge in [0, 0.05) is 21.9 Å². The number of fused-ring (bicyclic) bond motifs is 1. The van der Waals surface area contributed by atoms with Crippen molar-refractivity contribution in [2.45, 2.75) is 0 Å². The van der Waals surface area contributed by atoms with Crippen molar-refractivity contribution in [3.8, 4) is 6.01 Å². The Morgan fingerprint density at radius 3 is 2.73 bits per heavy atom. The van der Waals surface area contributed by atoms with Crippen molar-refractivity contribution in [3.63, 3.8) is 0 Å². The molecule has 0 radical (unpaired) electrons. The lowest BCUT2D eigenvalue weighted by Crippen LogP contribution is -2.20. The van der Waals surface area contributed by atoms with E-state index in [0.29, 0.717) is 21.4 Å². The summed E-state index contributed by atoms with van der Waals surface area (Å²) in [6, 6.07) is 10.5. The summed E-state index contributed by atoms with van der Waals surface area (Å²) < 4.78 is 7.01. The van der Waals surface area contributed by atoms with Crippen molar-refractivity contribution in [1.29, 1.82) is 0 Å². The first-order chi connectivity index (χ1) is 10.6. The average molecular weight is 337 g/mol. The molecule has 1 amide bonds. The summed E-state index contributed by atoms with van der Waals surface area (Å²) in [6.07, 6.45) is 1.75. The van der Waals surface area contributed by atoms with Gasteiger partial charge in [-0.15, -0.1) is 5.10 Å². The zero-order valence-corrected chi connectivity index (χ0v) is 12.7. The van der Waals surface area contributed by atoms with Gasteiger partial charge in [0.15, 0.2) is 12.3 Å². The van der Waals surface area contributed by atoms with Gasteiger partial charge in [-0.25, -0.2) is 0 Å². The Morgan fingerprint density at radius 1 is 1.18 bits per heavy atom. The largest absolute Gasteiger partial charge is 0.453 e. The molecule has 0 atom stereocenters. The predicted molar refractivity (Wildman–Crippen MR) is 83.6 cm³/mol. The van der Waals surface area contributed by atoms with Crippen LogP contribution in [-0.4, -0.2) is 27.1 Å². The number of ether oxygens (including phenoxy) is 1. The molecule has 3 aromatic rings.